The van der Waals surface area contributed by atoms with E-state index in [1.807, 2.05) is 0 Å². The fourth-order valence-electron chi connectivity index (χ4n) is 2.65. The normalized spacial score (nSPS) is 35.5. The Hall–Kier alpha value is -0.370. The van der Waals surface area contributed by atoms with Crippen molar-refractivity contribution in [1.29, 1.82) is 0 Å². The lowest BCUT2D eigenvalue weighted by Gasteiger charge is -2.41. The second-order valence-electron chi connectivity index (χ2n) is 4.77. The lowest BCUT2D eigenvalue weighted by Crippen LogP contribution is -2.51. The van der Waals surface area contributed by atoms with Crippen LogP contribution in [0.5, 0.6) is 0 Å². The molecule has 1 aliphatic heterocycles. The van der Waals surface area contributed by atoms with Crippen LogP contribution in [0.3, 0.4) is 0 Å². The number of piperidine rings is 1. The molecule has 2 fully saturated rings. The van der Waals surface area contributed by atoms with Gasteiger partial charge in [0, 0.05) is 31.0 Å². The summed E-state index contributed by atoms with van der Waals surface area (Å²) in [6.45, 7) is 6.50. The van der Waals surface area contributed by atoms with E-state index in [1.54, 1.807) is 0 Å². The lowest BCUT2D eigenvalue weighted by atomic mass is 9.76. The molecule has 2 heteroatoms. The van der Waals surface area contributed by atoms with Gasteiger partial charge in [-0.1, -0.05) is 6.42 Å². The summed E-state index contributed by atoms with van der Waals surface area (Å²) in [5, 5.41) is 0. The Morgan fingerprint density at radius 1 is 1.23 bits per heavy atom. The van der Waals surface area contributed by atoms with Crippen molar-refractivity contribution < 1.29 is 4.79 Å². The molecule has 2 aliphatic rings. The zero-order valence-corrected chi connectivity index (χ0v) is 8.62. The van der Waals surface area contributed by atoms with Crippen LogP contribution in [0.1, 0.15) is 33.1 Å². The quantitative estimate of drug-likeness (QED) is 0.613. The van der Waals surface area contributed by atoms with Crippen LogP contribution in [0.15, 0.2) is 0 Å². The number of nitrogens with zero attached hydrogens (tertiary/aromatic N) is 1. The Morgan fingerprint density at radius 3 is 2.23 bits per heavy atom. The Labute approximate surface area is 80.3 Å². The topological polar surface area (TPSA) is 20.3 Å². The van der Waals surface area contributed by atoms with Crippen molar-refractivity contribution in [3.8, 4) is 0 Å². The largest absolute Gasteiger partial charge is 0.300 e. The molecule has 74 valence electrons. The molecule has 1 saturated heterocycles. The standard InChI is InChI=1S/C11H19NO/c1-8(2)12-6-9-4-3-5-10(7-12)11(9)13/h8-10H,3-7H2,1-2H3/t9-,10-/m1/s1. The van der Waals surface area contributed by atoms with Gasteiger partial charge < -0.3 is 0 Å². The first-order valence-corrected chi connectivity index (χ1v) is 5.46. The van der Waals surface area contributed by atoms with Gasteiger partial charge in [0.1, 0.15) is 5.78 Å². The number of ketones is 1. The highest BCUT2D eigenvalue weighted by molar-refractivity contribution is 5.85. The maximum atomic E-state index is 11.7. The monoisotopic (exact) mass is 181 g/mol. The average Bonchev–Trinajstić information content (AvgIpc) is 2.02. The van der Waals surface area contributed by atoms with E-state index in [9.17, 15) is 4.79 Å². The maximum Gasteiger partial charge on any atom is 0.141 e. The predicted molar refractivity (Wildman–Crippen MR) is 52.5 cm³/mol. The van der Waals surface area contributed by atoms with Gasteiger partial charge in [-0.05, 0) is 26.7 Å². The van der Waals surface area contributed by atoms with Crippen LogP contribution in [0.2, 0.25) is 0 Å². The third kappa shape index (κ3) is 1.64. The van der Waals surface area contributed by atoms with E-state index in [1.165, 1.54) is 6.42 Å². The fraction of sp³-hybridized carbons (Fsp3) is 0.909. The van der Waals surface area contributed by atoms with E-state index in [-0.39, 0.29) is 0 Å². The second kappa shape index (κ2) is 3.41. The Kier molecular flexibility index (Phi) is 2.41. The van der Waals surface area contributed by atoms with Crippen molar-refractivity contribution in [3.63, 3.8) is 0 Å². The Bertz CT molecular complexity index is 196. The summed E-state index contributed by atoms with van der Waals surface area (Å²) in [5.74, 6) is 1.30. The van der Waals surface area contributed by atoms with Crippen LogP contribution in [0.25, 0.3) is 0 Å². The first-order chi connectivity index (χ1) is 6.18. The van der Waals surface area contributed by atoms with Crippen LogP contribution in [0, 0.1) is 11.8 Å². The number of likely N-dealkylation sites (tertiary alicyclic amines) is 1. The van der Waals surface area contributed by atoms with Gasteiger partial charge in [-0.15, -0.1) is 0 Å². The van der Waals surface area contributed by atoms with Gasteiger partial charge in [0.25, 0.3) is 0 Å². The molecule has 2 atom stereocenters. The molecule has 0 aromatic rings. The van der Waals surface area contributed by atoms with Gasteiger partial charge in [-0.25, -0.2) is 0 Å². The van der Waals surface area contributed by atoms with E-state index in [0.717, 1.165) is 25.9 Å². The molecule has 13 heavy (non-hydrogen) atoms. The number of Topliss-reactive ketones (excluding diaryl/α,β-unsaturated/α-hetero) is 1. The summed E-state index contributed by atoms with van der Waals surface area (Å²) < 4.78 is 0. The molecule has 2 nitrogen and oxygen atoms in total. The molecule has 1 heterocycles. The van der Waals surface area contributed by atoms with Crippen molar-refractivity contribution in [2.45, 2.75) is 39.2 Å². The highest BCUT2D eigenvalue weighted by Gasteiger charge is 2.38. The molecule has 1 saturated carbocycles. The number of hydrogen-bond acceptors (Lipinski definition) is 2. The highest BCUT2D eigenvalue weighted by Crippen LogP contribution is 2.32. The van der Waals surface area contributed by atoms with Crippen LogP contribution in [-0.4, -0.2) is 29.8 Å². The van der Waals surface area contributed by atoms with Crippen LogP contribution in [0.4, 0.5) is 0 Å². The number of rotatable bonds is 1. The Morgan fingerprint density at radius 2 is 1.77 bits per heavy atom. The average molecular weight is 181 g/mol. The number of carbonyl (C=O) groups is 1. The van der Waals surface area contributed by atoms with Gasteiger partial charge >= 0.3 is 0 Å². The van der Waals surface area contributed by atoms with E-state index in [4.69, 9.17) is 0 Å². The van der Waals surface area contributed by atoms with Gasteiger partial charge in [-0.2, -0.15) is 0 Å². The molecule has 0 amide bonds. The Balaban J connectivity index is 2.07. The summed E-state index contributed by atoms with van der Waals surface area (Å²) >= 11 is 0. The van der Waals surface area contributed by atoms with E-state index in [0.29, 0.717) is 23.7 Å². The molecule has 2 rings (SSSR count). The number of fused-ring (bicyclic) bond motifs is 2. The fourth-order valence-corrected chi connectivity index (χ4v) is 2.65. The summed E-state index contributed by atoms with van der Waals surface area (Å²) in [6.07, 6.45) is 3.55. The maximum absolute atomic E-state index is 11.7. The molecular weight excluding hydrogens is 162 g/mol. The minimum atomic E-state index is 0.370. The third-order valence-electron chi connectivity index (χ3n) is 3.55. The number of carbonyl (C=O) groups excluding carboxylic acids is 1. The van der Waals surface area contributed by atoms with Crippen molar-refractivity contribution in [2.75, 3.05) is 13.1 Å². The third-order valence-corrected chi connectivity index (χ3v) is 3.55. The molecule has 2 bridgehead atoms. The molecule has 1 aliphatic carbocycles. The van der Waals surface area contributed by atoms with Gasteiger partial charge in [-0.3, -0.25) is 9.69 Å². The van der Waals surface area contributed by atoms with E-state index >= 15 is 0 Å². The molecule has 0 unspecified atom stereocenters. The molecule has 0 aromatic carbocycles. The second-order valence-corrected chi connectivity index (χ2v) is 4.77. The first-order valence-electron chi connectivity index (χ1n) is 5.46. The van der Waals surface area contributed by atoms with Crippen molar-refractivity contribution in [1.82, 2.24) is 4.90 Å². The first kappa shape index (κ1) is 9.20. The molecule has 0 N–H and O–H groups in total. The van der Waals surface area contributed by atoms with E-state index in [2.05, 4.69) is 18.7 Å². The van der Waals surface area contributed by atoms with E-state index < -0.39 is 0 Å². The minimum Gasteiger partial charge on any atom is -0.300 e. The smallest absolute Gasteiger partial charge is 0.141 e. The van der Waals surface area contributed by atoms with Crippen LogP contribution in [-0.2, 0) is 4.79 Å². The van der Waals surface area contributed by atoms with Crippen molar-refractivity contribution in [2.24, 2.45) is 11.8 Å². The number of hydrogen-bond donors (Lipinski definition) is 0. The van der Waals surface area contributed by atoms with Gasteiger partial charge in [0.2, 0.25) is 0 Å². The molecular formula is C11H19NO. The zero-order valence-electron chi connectivity index (χ0n) is 8.62. The predicted octanol–water partition coefficient (Wildman–Crippen LogP) is 1.70. The lowest BCUT2D eigenvalue weighted by molar-refractivity contribution is -0.135. The SMILES string of the molecule is CC(C)N1C[C@H]2CCC[C@H](C1)C2=O. The highest BCUT2D eigenvalue weighted by atomic mass is 16.1. The molecule has 0 radical (unpaired) electrons. The van der Waals surface area contributed by atoms with Gasteiger partial charge in [0.15, 0.2) is 0 Å². The molecule has 0 spiro atoms. The minimum absolute atomic E-state index is 0.370. The van der Waals surface area contributed by atoms with Crippen LogP contribution < -0.4 is 0 Å². The summed E-state index contributed by atoms with van der Waals surface area (Å²) in [4.78, 5) is 14.2. The summed E-state index contributed by atoms with van der Waals surface area (Å²) in [5.41, 5.74) is 0. The van der Waals surface area contributed by atoms with Gasteiger partial charge in [0.05, 0.1) is 0 Å². The zero-order chi connectivity index (χ0) is 9.42. The van der Waals surface area contributed by atoms with Crippen molar-refractivity contribution in [3.05, 3.63) is 0 Å². The van der Waals surface area contributed by atoms with Crippen molar-refractivity contribution >= 4 is 5.78 Å². The molecule has 0 aromatic heterocycles. The summed E-state index contributed by atoms with van der Waals surface area (Å²) in [7, 11) is 0. The summed E-state index contributed by atoms with van der Waals surface area (Å²) in [6, 6.07) is 0.608. The van der Waals surface area contributed by atoms with Crippen LogP contribution >= 0.6 is 0 Å².